The number of anilines is 2. The van der Waals surface area contributed by atoms with E-state index in [0.29, 0.717) is 25.3 Å². The summed E-state index contributed by atoms with van der Waals surface area (Å²) in [5.74, 6) is -0.108. The van der Waals surface area contributed by atoms with Crippen LogP contribution in [0.3, 0.4) is 0 Å². The Bertz CT molecular complexity index is 976. The highest BCUT2D eigenvalue weighted by atomic mass is 16.5. The molecule has 4 rings (SSSR count). The van der Waals surface area contributed by atoms with E-state index in [2.05, 4.69) is 38.4 Å². The van der Waals surface area contributed by atoms with Crippen molar-refractivity contribution in [2.45, 2.75) is 6.04 Å². The van der Waals surface area contributed by atoms with Crippen molar-refractivity contribution in [3.05, 3.63) is 59.7 Å². The molecular weight excluding hydrogens is 418 g/mol. The van der Waals surface area contributed by atoms with Crippen molar-refractivity contribution in [2.24, 2.45) is 0 Å². The molecule has 0 aromatic heterocycles. The number of rotatable bonds is 6. The van der Waals surface area contributed by atoms with Gasteiger partial charge in [0.25, 0.3) is 5.91 Å². The first kappa shape index (κ1) is 23.2. The molecule has 0 spiro atoms. The van der Waals surface area contributed by atoms with Crippen LogP contribution in [0, 0.1) is 0 Å². The van der Waals surface area contributed by atoms with Crippen LogP contribution in [0.5, 0.6) is 0 Å². The molecule has 0 unspecified atom stereocenters. The predicted octanol–water partition coefficient (Wildman–Crippen LogP) is 1.81. The molecule has 2 amide bonds. The Balaban J connectivity index is 1.41. The van der Waals surface area contributed by atoms with Crippen molar-refractivity contribution in [2.75, 3.05) is 76.8 Å². The van der Waals surface area contributed by atoms with Gasteiger partial charge in [-0.1, -0.05) is 24.3 Å². The lowest BCUT2D eigenvalue weighted by atomic mass is 10.00. The molecule has 8 heteroatoms. The maximum absolute atomic E-state index is 13.0. The second kappa shape index (κ2) is 10.8. The van der Waals surface area contributed by atoms with Crippen LogP contribution in [0.4, 0.5) is 11.4 Å². The van der Waals surface area contributed by atoms with Gasteiger partial charge in [-0.3, -0.25) is 19.4 Å². The lowest BCUT2D eigenvalue weighted by Gasteiger charge is -2.39. The fourth-order valence-corrected chi connectivity index (χ4v) is 4.52. The minimum absolute atomic E-state index is 0.0156. The summed E-state index contributed by atoms with van der Waals surface area (Å²) in [6.45, 7) is 5.78. The maximum atomic E-state index is 13.0. The van der Waals surface area contributed by atoms with Crippen LogP contribution in [0.25, 0.3) is 0 Å². The molecule has 0 saturated carbocycles. The first-order chi connectivity index (χ1) is 16.0. The van der Waals surface area contributed by atoms with Crippen LogP contribution in [-0.2, 0) is 9.53 Å². The fraction of sp³-hybridized carbons (Fsp3) is 0.440. The van der Waals surface area contributed by atoms with Crippen molar-refractivity contribution >= 4 is 23.2 Å². The van der Waals surface area contributed by atoms with Gasteiger partial charge < -0.3 is 20.3 Å². The van der Waals surface area contributed by atoms with Gasteiger partial charge in [0.05, 0.1) is 31.1 Å². The van der Waals surface area contributed by atoms with Gasteiger partial charge in [0.15, 0.2) is 0 Å². The number of carbonyl (C=O) groups excluding carboxylic acids is 2. The molecule has 33 heavy (non-hydrogen) atoms. The van der Waals surface area contributed by atoms with Crippen LogP contribution < -0.4 is 15.5 Å². The number of nitrogens with zero attached hydrogens (tertiary/aromatic N) is 3. The molecule has 1 atom stereocenters. The Morgan fingerprint density at radius 3 is 2.61 bits per heavy atom. The third-order valence-corrected chi connectivity index (χ3v) is 6.39. The van der Waals surface area contributed by atoms with Gasteiger partial charge in [-0.05, 0) is 36.9 Å². The van der Waals surface area contributed by atoms with Crippen LogP contribution in [0.2, 0.25) is 0 Å². The lowest BCUT2D eigenvalue weighted by Crippen LogP contribution is -2.49. The summed E-state index contributed by atoms with van der Waals surface area (Å²) in [4.78, 5) is 31.7. The van der Waals surface area contributed by atoms with Crippen molar-refractivity contribution in [1.82, 2.24) is 15.1 Å². The number of likely N-dealkylation sites (N-methyl/N-ethyl adjacent to an activating group) is 1. The van der Waals surface area contributed by atoms with Crippen LogP contribution in [0.1, 0.15) is 22.0 Å². The van der Waals surface area contributed by atoms with Gasteiger partial charge in [0, 0.05) is 51.4 Å². The molecule has 2 aliphatic rings. The molecule has 2 aromatic carbocycles. The smallest absolute Gasteiger partial charge is 0.251 e. The molecule has 2 N–H and O–H groups in total. The van der Waals surface area contributed by atoms with E-state index in [4.69, 9.17) is 4.74 Å². The number of hydrogen-bond acceptors (Lipinski definition) is 6. The quantitative estimate of drug-likeness (QED) is 0.698. The van der Waals surface area contributed by atoms with Crippen molar-refractivity contribution in [3.8, 4) is 0 Å². The summed E-state index contributed by atoms with van der Waals surface area (Å²) in [5, 5.41) is 5.81. The molecule has 2 aliphatic heterocycles. The van der Waals surface area contributed by atoms with E-state index in [0.717, 1.165) is 49.7 Å². The predicted molar refractivity (Wildman–Crippen MR) is 130 cm³/mol. The van der Waals surface area contributed by atoms with Crippen molar-refractivity contribution in [3.63, 3.8) is 0 Å². The highest BCUT2D eigenvalue weighted by Crippen LogP contribution is 2.27. The van der Waals surface area contributed by atoms with Gasteiger partial charge in [-0.25, -0.2) is 0 Å². The number of benzene rings is 2. The van der Waals surface area contributed by atoms with Crippen LogP contribution in [-0.4, -0.2) is 88.2 Å². The highest BCUT2D eigenvalue weighted by Gasteiger charge is 2.27. The molecule has 2 aromatic rings. The zero-order valence-electron chi connectivity index (χ0n) is 19.4. The molecule has 0 bridgehead atoms. The second-order valence-corrected chi connectivity index (χ2v) is 8.60. The van der Waals surface area contributed by atoms with E-state index in [9.17, 15) is 9.59 Å². The number of hydrogen-bond donors (Lipinski definition) is 2. The maximum Gasteiger partial charge on any atom is 0.251 e. The minimum Gasteiger partial charge on any atom is -0.378 e. The standard InChI is InChI=1S/C25H33N5O3/c1-26-25(32)20-7-5-6-19(16-20)23-17-29(11-10-28(23)2)18-24(31)27-21-8-3-4-9-22(21)30-12-14-33-15-13-30/h3-9,16,23H,10-15,17-18H2,1-2H3,(H,26,32)(H,27,31)/t23-/m1/s1. The zero-order chi connectivity index (χ0) is 23.2. The number of ether oxygens (including phenoxy) is 1. The number of piperazine rings is 1. The van der Waals surface area contributed by atoms with Gasteiger partial charge in [0.2, 0.25) is 5.91 Å². The molecule has 8 nitrogen and oxygen atoms in total. The Morgan fingerprint density at radius 1 is 1.03 bits per heavy atom. The van der Waals surface area contributed by atoms with Crippen molar-refractivity contribution in [1.29, 1.82) is 0 Å². The number of amides is 2. The molecule has 0 aliphatic carbocycles. The highest BCUT2D eigenvalue weighted by molar-refractivity contribution is 5.95. The molecule has 0 radical (unpaired) electrons. The zero-order valence-corrected chi connectivity index (χ0v) is 19.4. The summed E-state index contributed by atoms with van der Waals surface area (Å²) in [6, 6.07) is 15.8. The molecule has 2 fully saturated rings. The first-order valence-corrected chi connectivity index (χ1v) is 11.5. The summed E-state index contributed by atoms with van der Waals surface area (Å²) in [7, 11) is 3.73. The molecular formula is C25H33N5O3. The normalized spacial score (nSPS) is 19.8. The van der Waals surface area contributed by atoms with E-state index in [1.165, 1.54) is 0 Å². The average molecular weight is 452 g/mol. The monoisotopic (exact) mass is 451 g/mol. The van der Waals surface area contributed by atoms with Gasteiger partial charge in [-0.15, -0.1) is 0 Å². The summed E-state index contributed by atoms with van der Waals surface area (Å²) < 4.78 is 5.46. The molecule has 176 valence electrons. The van der Waals surface area contributed by atoms with E-state index >= 15 is 0 Å². The van der Waals surface area contributed by atoms with Gasteiger partial charge in [0.1, 0.15) is 0 Å². The number of nitrogens with one attached hydrogen (secondary N) is 2. The summed E-state index contributed by atoms with van der Waals surface area (Å²) in [6.07, 6.45) is 0. The van der Waals surface area contributed by atoms with Crippen LogP contribution >= 0.6 is 0 Å². The van der Waals surface area contributed by atoms with Gasteiger partial charge >= 0.3 is 0 Å². The average Bonchev–Trinajstić information content (AvgIpc) is 2.85. The number of carbonyl (C=O) groups is 2. The molecule has 2 saturated heterocycles. The van der Waals surface area contributed by atoms with E-state index in [-0.39, 0.29) is 17.9 Å². The Kier molecular flexibility index (Phi) is 7.59. The fourth-order valence-electron chi connectivity index (χ4n) is 4.52. The van der Waals surface area contributed by atoms with Gasteiger partial charge in [-0.2, -0.15) is 0 Å². The van der Waals surface area contributed by atoms with Crippen LogP contribution in [0.15, 0.2) is 48.5 Å². The Labute approximate surface area is 195 Å². The van der Waals surface area contributed by atoms with E-state index < -0.39 is 0 Å². The summed E-state index contributed by atoms with van der Waals surface area (Å²) >= 11 is 0. The van der Waals surface area contributed by atoms with Crippen molar-refractivity contribution < 1.29 is 14.3 Å². The Morgan fingerprint density at radius 2 is 1.82 bits per heavy atom. The topological polar surface area (TPSA) is 77.2 Å². The first-order valence-electron chi connectivity index (χ1n) is 11.5. The SMILES string of the molecule is CNC(=O)c1cccc([C@H]2CN(CC(=O)Nc3ccccc3N3CCOCC3)CCN2C)c1. The number of para-hydroxylation sites is 2. The number of morpholine rings is 1. The Hall–Kier alpha value is -2.94. The third kappa shape index (κ3) is 5.71. The van der Waals surface area contributed by atoms with E-state index in [1.807, 2.05) is 42.5 Å². The van der Waals surface area contributed by atoms with E-state index in [1.54, 1.807) is 7.05 Å². The summed E-state index contributed by atoms with van der Waals surface area (Å²) in [5.41, 5.74) is 3.61. The minimum atomic E-state index is -0.0921. The largest absolute Gasteiger partial charge is 0.378 e. The third-order valence-electron chi connectivity index (χ3n) is 6.39. The lowest BCUT2D eigenvalue weighted by molar-refractivity contribution is -0.118. The molecule has 2 heterocycles. The second-order valence-electron chi connectivity index (χ2n) is 8.60.